The minimum absolute atomic E-state index is 0.298. The third-order valence-corrected chi connectivity index (χ3v) is 4.42. The van der Waals surface area contributed by atoms with Gasteiger partial charge in [0.15, 0.2) is 0 Å². The van der Waals surface area contributed by atoms with Crippen molar-refractivity contribution in [3.05, 3.63) is 35.4 Å². The standard InChI is InChI=1S/C19H33NO/c1-5-19(2,3)18-12-10-17(11-13-18)9-7-6-8-14-20-15-16-21-4/h10-13,20H,5-9,14-16H2,1-4H3. The van der Waals surface area contributed by atoms with Crippen molar-refractivity contribution in [2.75, 3.05) is 26.8 Å². The Labute approximate surface area is 131 Å². The van der Waals surface area contributed by atoms with Gasteiger partial charge >= 0.3 is 0 Å². The normalized spacial score (nSPS) is 11.8. The van der Waals surface area contributed by atoms with Gasteiger partial charge in [-0.05, 0) is 48.8 Å². The summed E-state index contributed by atoms with van der Waals surface area (Å²) in [5.41, 5.74) is 3.22. The molecule has 0 radical (unpaired) electrons. The van der Waals surface area contributed by atoms with Crippen molar-refractivity contribution in [1.82, 2.24) is 5.32 Å². The van der Waals surface area contributed by atoms with E-state index in [1.807, 2.05) is 0 Å². The maximum Gasteiger partial charge on any atom is 0.0587 e. The molecule has 0 aliphatic carbocycles. The molecule has 0 fully saturated rings. The Morgan fingerprint density at radius 1 is 1.00 bits per heavy atom. The van der Waals surface area contributed by atoms with Crippen molar-refractivity contribution in [3.8, 4) is 0 Å². The number of ether oxygens (including phenoxy) is 1. The van der Waals surface area contributed by atoms with Gasteiger partial charge in [0.05, 0.1) is 6.61 Å². The van der Waals surface area contributed by atoms with E-state index in [2.05, 4.69) is 50.4 Å². The fourth-order valence-electron chi connectivity index (χ4n) is 2.38. The lowest BCUT2D eigenvalue weighted by molar-refractivity contribution is 0.199. The van der Waals surface area contributed by atoms with E-state index in [9.17, 15) is 0 Å². The molecule has 0 unspecified atom stereocenters. The van der Waals surface area contributed by atoms with Crippen LogP contribution in [-0.2, 0) is 16.6 Å². The quantitative estimate of drug-likeness (QED) is 0.613. The predicted octanol–water partition coefficient (Wildman–Crippen LogP) is 4.32. The summed E-state index contributed by atoms with van der Waals surface area (Å²) in [6, 6.07) is 9.24. The molecule has 1 N–H and O–H groups in total. The van der Waals surface area contributed by atoms with Gasteiger partial charge in [0.1, 0.15) is 0 Å². The first kappa shape index (κ1) is 18.2. The van der Waals surface area contributed by atoms with E-state index in [0.29, 0.717) is 5.41 Å². The van der Waals surface area contributed by atoms with E-state index in [-0.39, 0.29) is 0 Å². The maximum absolute atomic E-state index is 5.01. The fraction of sp³-hybridized carbons (Fsp3) is 0.684. The molecular weight excluding hydrogens is 258 g/mol. The van der Waals surface area contributed by atoms with Crippen LogP contribution in [-0.4, -0.2) is 26.8 Å². The van der Waals surface area contributed by atoms with Gasteiger partial charge in [0.25, 0.3) is 0 Å². The fourth-order valence-corrected chi connectivity index (χ4v) is 2.38. The first-order valence-corrected chi connectivity index (χ1v) is 8.39. The van der Waals surface area contributed by atoms with E-state index in [1.165, 1.54) is 43.2 Å². The summed E-state index contributed by atoms with van der Waals surface area (Å²) < 4.78 is 5.01. The van der Waals surface area contributed by atoms with Gasteiger partial charge in [0, 0.05) is 13.7 Å². The highest BCUT2D eigenvalue weighted by Crippen LogP contribution is 2.26. The average molecular weight is 291 g/mol. The van der Waals surface area contributed by atoms with Crippen LogP contribution in [0.15, 0.2) is 24.3 Å². The van der Waals surface area contributed by atoms with Crippen molar-refractivity contribution in [2.45, 2.75) is 58.3 Å². The van der Waals surface area contributed by atoms with Crippen LogP contribution >= 0.6 is 0 Å². The molecule has 0 aromatic heterocycles. The van der Waals surface area contributed by atoms with Crippen molar-refractivity contribution < 1.29 is 4.74 Å². The second-order valence-electron chi connectivity index (χ2n) is 6.49. The van der Waals surface area contributed by atoms with Crippen molar-refractivity contribution >= 4 is 0 Å². The molecule has 0 aliphatic heterocycles. The molecule has 1 rings (SSSR count). The van der Waals surface area contributed by atoms with Gasteiger partial charge in [-0.1, -0.05) is 51.5 Å². The van der Waals surface area contributed by atoms with E-state index < -0.39 is 0 Å². The highest BCUT2D eigenvalue weighted by molar-refractivity contribution is 5.28. The Morgan fingerprint density at radius 2 is 1.71 bits per heavy atom. The highest BCUT2D eigenvalue weighted by atomic mass is 16.5. The molecule has 1 aromatic rings. The Balaban J connectivity index is 2.18. The van der Waals surface area contributed by atoms with Crippen LogP contribution in [0, 0.1) is 0 Å². The summed E-state index contributed by atoms with van der Waals surface area (Å²) in [5.74, 6) is 0. The first-order chi connectivity index (χ1) is 10.1. The van der Waals surface area contributed by atoms with Crippen LogP contribution in [0.5, 0.6) is 0 Å². The molecule has 0 amide bonds. The predicted molar refractivity (Wildman–Crippen MR) is 92.1 cm³/mol. The third-order valence-electron chi connectivity index (χ3n) is 4.42. The minimum atomic E-state index is 0.298. The topological polar surface area (TPSA) is 21.3 Å². The molecule has 2 heteroatoms. The van der Waals surface area contributed by atoms with Gasteiger partial charge in [0.2, 0.25) is 0 Å². The number of unbranched alkanes of at least 4 members (excludes halogenated alkanes) is 2. The average Bonchev–Trinajstić information content (AvgIpc) is 2.50. The molecule has 0 spiro atoms. The smallest absolute Gasteiger partial charge is 0.0587 e. The molecule has 120 valence electrons. The SMILES string of the molecule is CCC(C)(C)c1ccc(CCCCCNCCOC)cc1. The zero-order valence-electron chi connectivity index (χ0n) is 14.4. The number of aryl methyl sites for hydroxylation is 1. The summed E-state index contributed by atoms with van der Waals surface area (Å²) >= 11 is 0. The van der Waals surface area contributed by atoms with Crippen LogP contribution in [0.3, 0.4) is 0 Å². The lowest BCUT2D eigenvalue weighted by Gasteiger charge is -2.23. The van der Waals surface area contributed by atoms with E-state index in [4.69, 9.17) is 4.74 Å². The summed E-state index contributed by atoms with van der Waals surface area (Å²) in [7, 11) is 1.74. The van der Waals surface area contributed by atoms with Gasteiger partial charge in [-0.3, -0.25) is 0 Å². The summed E-state index contributed by atoms with van der Waals surface area (Å²) in [5, 5.41) is 3.39. The number of rotatable bonds is 11. The molecule has 2 nitrogen and oxygen atoms in total. The molecule has 0 heterocycles. The Morgan fingerprint density at radius 3 is 2.33 bits per heavy atom. The van der Waals surface area contributed by atoms with Crippen molar-refractivity contribution in [1.29, 1.82) is 0 Å². The van der Waals surface area contributed by atoms with Crippen LogP contribution < -0.4 is 5.32 Å². The summed E-state index contributed by atoms with van der Waals surface area (Å²) in [4.78, 5) is 0. The zero-order valence-corrected chi connectivity index (χ0v) is 14.4. The molecule has 0 saturated heterocycles. The molecule has 0 saturated carbocycles. The van der Waals surface area contributed by atoms with Gasteiger partial charge in [-0.2, -0.15) is 0 Å². The minimum Gasteiger partial charge on any atom is -0.383 e. The van der Waals surface area contributed by atoms with Crippen LogP contribution in [0.1, 0.15) is 57.6 Å². The molecule has 0 atom stereocenters. The number of benzene rings is 1. The summed E-state index contributed by atoms with van der Waals surface area (Å²) in [6.45, 7) is 9.77. The molecule has 0 aliphatic rings. The van der Waals surface area contributed by atoms with E-state index in [0.717, 1.165) is 19.7 Å². The monoisotopic (exact) mass is 291 g/mol. The molecule has 21 heavy (non-hydrogen) atoms. The van der Waals surface area contributed by atoms with E-state index in [1.54, 1.807) is 7.11 Å². The molecule has 0 bridgehead atoms. The zero-order chi connectivity index (χ0) is 15.6. The molecule has 1 aromatic carbocycles. The van der Waals surface area contributed by atoms with Crippen LogP contribution in [0.4, 0.5) is 0 Å². The summed E-state index contributed by atoms with van der Waals surface area (Å²) in [6.07, 6.45) is 6.21. The Hall–Kier alpha value is -0.860. The van der Waals surface area contributed by atoms with Crippen molar-refractivity contribution in [3.63, 3.8) is 0 Å². The van der Waals surface area contributed by atoms with E-state index >= 15 is 0 Å². The van der Waals surface area contributed by atoms with Crippen LogP contribution in [0.25, 0.3) is 0 Å². The second kappa shape index (κ2) is 9.97. The van der Waals surface area contributed by atoms with Gasteiger partial charge in [-0.25, -0.2) is 0 Å². The second-order valence-corrected chi connectivity index (χ2v) is 6.49. The highest BCUT2D eigenvalue weighted by Gasteiger charge is 2.17. The number of nitrogens with one attached hydrogen (secondary N) is 1. The molecular formula is C19H33NO. The number of hydrogen-bond donors (Lipinski definition) is 1. The first-order valence-electron chi connectivity index (χ1n) is 8.39. The van der Waals surface area contributed by atoms with Crippen LogP contribution in [0.2, 0.25) is 0 Å². The Bertz CT molecular complexity index is 370. The largest absolute Gasteiger partial charge is 0.383 e. The van der Waals surface area contributed by atoms with Gasteiger partial charge < -0.3 is 10.1 Å². The Kier molecular flexibility index (Phi) is 8.63. The van der Waals surface area contributed by atoms with Crippen molar-refractivity contribution in [2.24, 2.45) is 0 Å². The number of hydrogen-bond acceptors (Lipinski definition) is 2. The third kappa shape index (κ3) is 7.10. The number of methoxy groups -OCH3 is 1. The lowest BCUT2D eigenvalue weighted by Crippen LogP contribution is -2.20. The van der Waals surface area contributed by atoms with Gasteiger partial charge in [-0.15, -0.1) is 0 Å². The maximum atomic E-state index is 5.01. The lowest BCUT2D eigenvalue weighted by atomic mass is 9.82.